The monoisotopic (exact) mass is 988 g/mol. The molecule has 1 saturated carbocycles. The first-order chi connectivity index (χ1) is 35.5. The zero-order chi connectivity index (χ0) is 51.1. The van der Waals surface area contributed by atoms with Crippen LogP contribution in [-0.4, -0.2) is 70.1 Å². The highest BCUT2D eigenvalue weighted by Gasteiger charge is 2.65. The maximum atomic E-state index is 15.6. The van der Waals surface area contributed by atoms with Crippen LogP contribution in [0.4, 0.5) is 5.69 Å². The molecule has 6 atom stereocenters. The summed E-state index contributed by atoms with van der Waals surface area (Å²) in [6, 6.07) is 31.3. The first-order valence-corrected chi connectivity index (χ1v) is 24.9. The minimum atomic E-state index is -1.59. The predicted molar refractivity (Wildman–Crippen MR) is 272 cm³/mol. The molecule has 1 fully saturated rings. The SMILES string of the molecule is C=CCO[C@@]12Oc3ccc(Oc4ccc(C)c(C)c4)cc3[C@H]3[C@H](CCCCO)[C@@H](CCCCO)C=C(C(=NOCc4ccc([N+](=O)[O-])cc4)C[C@@H]1N(Cc1ccc4c(c1)OCO4)C(=O)c1ccc(C#N)cc1)[C@H]32. The molecule has 378 valence electrons. The molecule has 0 saturated heterocycles. The highest BCUT2D eigenvalue weighted by Crippen LogP contribution is 2.62. The van der Waals surface area contributed by atoms with Crippen molar-refractivity contribution in [2.24, 2.45) is 22.9 Å². The number of nitro groups is 1. The third-order valence-electron chi connectivity index (χ3n) is 14.6. The topological polar surface area (TPSA) is 195 Å². The molecule has 2 aliphatic carbocycles. The number of aryl methyl sites for hydroxylation is 2. The van der Waals surface area contributed by atoms with Gasteiger partial charge in [-0.3, -0.25) is 14.9 Å². The van der Waals surface area contributed by atoms with E-state index in [2.05, 4.69) is 31.7 Å². The van der Waals surface area contributed by atoms with Crippen LogP contribution in [-0.2, 0) is 22.7 Å². The number of amides is 1. The van der Waals surface area contributed by atoms with Crippen LogP contribution in [0.1, 0.15) is 94.6 Å². The molecule has 0 radical (unpaired) electrons. The minimum Gasteiger partial charge on any atom is -0.459 e. The second-order valence-electron chi connectivity index (χ2n) is 19.1. The molecule has 15 nitrogen and oxygen atoms in total. The van der Waals surface area contributed by atoms with Crippen molar-refractivity contribution in [1.82, 2.24) is 4.90 Å². The number of aliphatic hydroxyl groups is 2. The van der Waals surface area contributed by atoms with Gasteiger partial charge in [-0.2, -0.15) is 5.26 Å². The van der Waals surface area contributed by atoms with Crippen LogP contribution in [0.2, 0.25) is 0 Å². The summed E-state index contributed by atoms with van der Waals surface area (Å²) in [5.74, 6) is 0.00385. The van der Waals surface area contributed by atoms with E-state index in [0.29, 0.717) is 64.0 Å². The Balaban J connectivity index is 1.26. The van der Waals surface area contributed by atoms with Gasteiger partial charge in [0.15, 0.2) is 11.5 Å². The summed E-state index contributed by atoms with van der Waals surface area (Å²) in [6.45, 7) is 8.45. The molecule has 2 N–H and O–H groups in total. The number of unbranched alkanes of at least 4 members (excludes halogenated alkanes) is 2. The van der Waals surface area contributed by atoms with Crippen LogP contribution in [0.25, 0.3) is 0 Å². The van der Waals surface area contributed by atoms with Crippen molar-refractivity contribution in [3.05, 3.63) is 176 Å². The summed E-state index contributed by atoms with van der Waals surface area (Å²) >= 11 is 0. The quantitative estimate of drug-likeness (QED) is 0.0306. The number of hydrogen-bond acceptors (Lipinski definition) is 13. The van der Waals surface area contributed by atoms with Crippen LogP contribution in [0.5, 0.6) is 28.7 Å². The number of fused-ring (bicyclic) bond motifs is 3. The number of oxime groups is 1. The van der Waals surface area contributed by atoms with Crippen molar-refractivity contribution < 1.29 is 48.5 Å². The summed E-state index contributed by atoms with van der Waals surface area (Å²) in [7, 11) is 0. The van der Waals surface area contributed by atoms with E-state index in [1.165, 1.54) is 12.1 Å². The molecule has 2 heterocycles. The average molecular weight is 989 g/mol. The van der Waals surface area contributed by atoms with Gasteiger partial charge in [-0.05, 0) is 158 Å². The van der Waals surface area contributed by atoms with Crippen LogP contribution in [0, 0.1) is 53.0 Å². The number of benzene rings is 5. The lowest BCUT2D eigenvalue weighted by Gasteiger charge is -2.60. The van der Waals surface area contributed by atoms with Gasteiger partial charge in [0.25, 0.3) is 11.6 Å². The van der Waals surface area contributed by atoms with E-state index in [1.807, 2.05) is 55.5 Å². The van der Waals surface area contributed by atoms with Gasteiger partial charge in [0.05, 0.1) is 34.8 Å². The number of allylic oxidation sites excluding steroid dienone is 1. The second kappa shape index (κ2) is 22.5. The third-order valence-corrected chi connectivity index (χ3v) is 14.6. The van der Waals surface area contributed by atoms with Crippen LogP contribution in [0.3, 0.4) is 0 Å². The van der Waals surface area contributed by atoms with E-state index in [0.717, 1.165) is 53.5 Å². The second-order valence-corrected chi connectivity index (χ2v) is 19.1. The molecule has 0 spiro atoms. The summed E-state index contributed by atoms with van der Waals surface area (Å²) in [6.07, 6.45) is 8.22. The maximum Gasteiger partial charge on any atom is 0.269 e. The summed E-state index contributed by atoms with van der Waals surface area (Å²) in [5, 5.41) is 46.4. The fourth-order valence-electron chi connectivity index (χ4n) is 10.9. The van der Waals surface area contributed by atoms with Gasteiger partial charge < -0.3 is 43.6 Å². The molecular weight excluding hydrogens is 929 g/mol. The molecule has 15 heteroatoms. The molecule has 0 unspecified atom stereocenters. The Morgan fingerprint density at radius 3 is 2.33 bits per heavy atom. The highest BCUT2D eigenvalue weighted by molar-refractivity contribution is 6.03. The number of rotatable bonds is 21. The molecule has 5 aromatic carbocycles. The largest absolute Gasteiger partial charge is 0.459 e. The van der Waals surface area contributed by atoms with Gasteiger partial charge in [0.2, 0.25) is 12.6 Å². The van der Waals surface area contributed by atoms with E-state index in [9.17, 15) is 25.6 Å². The number of nitrogens with zero attached hydrogens (tertiary/aromatic N) is 4. The lowest BCUT2D eigenvalue weighted by Crippen LogP contribution is -2.70. The van der Waals surface area contributed by atoms with Crippen LogP contribution >= 0.6 is 0 Å². The number of non-ortho nitro benzene ring substituents is 1. The third kappa shape index (κ3) is 10.7. The molecule has 73 heavy (non-hydrogen) atoms. The van der Waals surface area contributed by atoms with Crippen LogP contribution in [0.15, 0.2) is 133 Å². The number of nitro benzene ring substituents is 1. The van der Waals surface area contributed by atoms with E-state index < -0.39 is 22.7 Å². The van der Waals surface area contributed by atoms with Gasteiger partial charge in [0.1, 0.15) is 29.9 Å². The first-order valence-electron chi connectivity index (χ1n) is 24.9. The molecule has 0 bridgehead atoms. The fraction of sp³-hybridized carbons (Fsp3) is 0.362. The standard InChI is InChI=1S/C58H60N4O11/c1-4-27-70-58-54(61(57(65)42-17-12-39(33-59)13-18-42)34-41-16-23-52-53(29-41)69-36-68-52)32-50(60-71-35-40-14-19-44(20-15-40)62(66)67)48-30-43(9-5-7-25-63)47(10-6-8-26-64)55(56(48)58)49-31-46(22-24-51(49)73-58)72-45-21-11-37(2)38(3)28-45/h4,11-24,28-31,43,47,54-56,63-64H,1,5-10,25-27,32,34-36H2,2-3H3/t43-,47+,54-,55+,56+,58+/m0/s1. The number of carbonyl (C=O) groups is 1. The van der Waals surface area contributed by atoms with E-state index in [4.69, 9.17) is 33.7 Å². The number of hydrogen-bond donors (Lipinski definition) is 2. The smallest absolute Gasteiger partial charge is 0.269 e. The minimum absolute atomic E-state index is 0.00104. The number of nitriles is 1. The van der Waals surface area contributed by atoms with Crippen molar-refractivity contribution in [1.29, 1.82) is 5.26 Å². The molecular formula is C58H60N4O11. The van der Waals surface area contributed by atoms with Gasteiger partial charge in [-0.15, -0.1) is 6.58 Å². The molecule has 0 aromatic heterocycles. The first kappa shape index (κ1) is 50.4. The van der Waals surface area contributed by atoms with E-state index in [-0.39, 0.29) is 75.5 Å². The highest BCUT2D eigenvalue weighted by atomic mass is 16.7. The van der Waals surface area contributed by atoms with Gasteiger partial charge >= 0.3 is 0 Å². The number of carbonyl (C=O) groups excluding carboxylic acids is 1. The summed E-state index contributed by atoms with van der Waals surface area (Å²) in [5.41, 5.74) is 6.63. The maximum absolute atomic E-state index is 15.6. The molecule has 5 aromatic rings. The van der Waals surface area contributed by atoms with E-state index >= 15 is 4.79 Å². The van der Waals surface area contributed by atoms with Crippen LogP contribution < -0.4 is 18.9 Å². The Morgan fingerprint density at radius 1 is 0.890 bits per heavy atom. The van der Waals surface area contributed by atoms with Gasteiger partial charge in [-0.25, -0.2) is 0 Å². The lowest BCUT2D eigenvalue weighted by molar-refractivity contribution is -0.384. The Morgan fingerprint density at radius 2 is 1.60 bits per heavy atom. The fourth-order valence-corrected chi connectivity index (χ4v) is 10.9. The van der Waals surface area contributed by atoms with Gasteiger partial charge in [0, 0.05) is 55.4 Å². The van der Waals surface area contributed by atoms with Crippen molar-refractivity contribution >= 4 is 17.3 Å². The molecule has 2 aliphatic heterocycles. The van der Waals surface area contributed by atoms with Crippen molar-refractivity contribution in [2.75, 3.05) is 26.6 Å². The Bertz CT molecular complexity index is 2930. The lowest BCUT2D eigenvalue weighted by atomic mass is 9.55. The summed E-state index contributed by atoms with van der Waals surface area (Å²) < 4.78 is 32.9. The number of ether oxygens (including phenoxy) is 5. The normalized spacial score (nSPS) is 21.7. The van der Waals surface area contributed by atoms with Gasteiger partial charge in [-0.1, -0.05) is 42.3 Å². The average Bonchev–Trinajstić information content (AvgIpc) is 3.89. The van der Waals surface area contributed by atoms with Crippen molar-refractivity contribution in [2.45, 2.75) is 89.7 Å². The van der Waals surface area contributed by atoms with Crippen molar-refractivity contribution in [3.8, 4) is 34.8 Å². The predicted octanol–water partition coefficient (Wildman–Crippen LogP) is 10.8. The summed E-state index contributed by atoms with van der Waals surface area (Å²) in [4.78, 5) is 34.7. The molecule has 1 amide bonds. The zero-order valence-corrected chi connectivity index (χ0v) is 41.1. The Kier molecular flexibility index (Phi) is 15.5. The zero-order valence-electron chi connectivity index (χ0n) is 41.1. The van der Waals surface area contributed by atoms with E-state index in [1.54, 1.807) is 47.4 Å². The molecule has 4 aliphatic rings. The number of aliphatic hydroxyl groups excluding tert-OH is 2. The Labute approximate surface area is 425 Å². The molecule has 9 rings (SSSR count). The Hall–Kier alpha value is -7.51. The van der Waals surface area contributed by atoms with Crippen molar-refractivity contribution in [3.63, 3.8) is 0 Å².